The highest BCUT2D eigenvalue weighted by molar-refractivity contribution is 7.10. The topological polar surface area (TPSA) is 0 Å². The largest absolute Gasteiger partial charge is 0.425 e. The van der Waals surface area contributed by atoms with Gasteiger partial charge in [0, 0.05) is 0 Å². The molecule has 0 spiro atoms. The predicted octanol–water partition coefficient (Wildman–Crippen LogP) is 3.79. The van der Waals surface area contributed by atoms with Gasteiger partial charge >= 0.3 is 6.18 Å². The Kier molecular flexibility index (Phi) is 4.18. The van der Waals surface area contributed by atoms with Gasteiger partial charge in [-0.2, -0.15) is 13.2 Å². The van der Waals surface area contributed by atoms with Gasteiger partial charge < -0.3 is 0 Å². The van der Waals surface area contributed by atoms with Crippen LogP contribution in [0.3, 0.4) is 0 Å². The van der Waals surface area contributed by atoms with Gasteiger partial charge in [0.25, 0.3) is 0 Å². The summed E-state index contributed by atoms with van der Waals surface area (Å²) < 4.78 is 34.9. The van der Waals surface area contributed by atoms with E-state index in [0.717, 1.165) is 6.07 Å². The summed E-state index contributed by atoms with van der Waals surface area (Å²) in [5.41, 5.74) is 0. The van der Waals surface area contributed by atoms with E-state index in [2.05, 4.69) is 0 Å². The molecule has 1 aromatic heterocycles. The van der Waals surface area contributed by atoms with E-state index in [1.807, 2.05) is 13.8 Å². The van der Waals surface area contributed by atoms with Crippen molar-refractivity contribution in [1.29, 1.82) is 0 Å². The lowest BCUT2D eigenvalue weighted by Crippen LogP contribution is -2.00. The lowest BCUT2D eigenvalue weighted by molar-refractivity contribution is -0.134. The third kappa shape index (κ3) is 3.41. The Bertz CT molecular complexity index is 176. The van der Waals surface area contributed by atoms with Crippen LogP contribution < -0.4 is 0 Å². The predicted molar refractivity (Wildman–Crippen MR) is 40.7 cm³/mol. The molecule has 0 unspecified atom stereocenters. The summed E-state index contributed by atoms with van der Waals surface area (Å²) in [6.07, 6.45) is -4.16. The molecule has 0 N–H and O–H groups in total. The third-order valence-corrected chi connectivity index (χ3v) is 1.72. The summed E-state index contributed by atoms with van der Waals surface area (Å²) >= 11 is 0.705. The van der Waals surface area contributed by atoms with E-state index < -0.39 is 11.1 Å². The van der Waals surface area contributed by atoms with E-state index >= 15 is 0 Å². The maximum absolute atomic E-state index is 11.6. The van der Waals surface area contributed by atoms with Gasteiger partial charge in [-0.15, -0.1) is 11.3 Å². The number of hydrogen-bond acceptors (Lipinski definition) is 1. The minimum atomic E-state index is -4.16. The fourth-order valence-electron chi connectivity index (χ4n) is 0.440. The molecule has 0 saturated carbocycles. The number of hydrogen-bond donors (Lipinski definition) is 0. The lowest BCUT2D eigenvalue weighted by atomic mass is 10.5. The average molecular weight is 182 g/mol. The molecule has 0 nitrogen and oxygen atoms in total. The number of halogens is 3. The summed E-state index contributed by atoms with van der Waals surface area (Å²) in [5.74, 6) is 0. The van der Waals surface area contributed by atoms with Gasteiger partial charge in [0.1, 0.15) is 4.88 Å². The first-order valence-electron chi connectivity index (χ1n) is 3.21. The van der Waals surface area contributed by atoms with E-state index in [-0.39, 0.29) is 0 Å². The normalized spacial score (nSPS) is 10.3. The molecule has 0 aliphatic heterocycles. The highest BCUT2D eigenvalue weighted by Crippen LogP contribution is 2.32. The van der Waals surface area contributed by atoms with Crippen LogP contribution >= 0.6 is 11.3 Å². The van der Waals surface area contributed by atoms with Crippen molar-refractivity contribution in [3.63, 3.8) is 0 Å². The molecule has 11 heavy (non-hydrogen) atoms. The molecule has 1 aromatic rings. The van der Waals surface area contributed by atoms with Crippen molar-refractivity contribution in [3.05, 3.63) is 22.4 Å². The molecule has 0 aromatic carbocycles. The summed E-state index contributed by atoms with van der Waals surface area (Å²) in [7, 11) is 0. The van der Waals surface area contributed by atoms with Crippen LogP contribution in [0.4, 0.5) is 13.2 Å². The highest BCUT2D eigenvalue weighted by atomic mass is 32.1. The first kappa shape index (κ1) is 10.5. The third-order valence-electron chi connectivity index (χ3n) is 0.801. The number of alkyl halides is 3. The zero-order chi connectivity index (χ0) is 8.91. The van der Waals surface area contributed by atoms with Gasteiger partial charge in [0.2, 0.25) is 0 Å². The maximum Gasteiger partial charge on any atom is 0.425 e. The van der Waals surface area contributed by atoms with Crippen molar-refractivity contribution in [1.82, 2.24) is 0 Å². The molecule has 0 saturated heterocycles. The minimum absolute atomic E-state index is 0.539. The molecule has 64 valence electrons. The fourth-order valence-corrected chi connectivity index (χ4v) is 1.03. The second-order valence-electron chi connectivity index (χ2n) is 1.48. The van der Waals surface area contributed by atoms with Gasteiger partial charge in [-0.1, -0.05) is 19.9 Å². The van der Waals surface area contributed by atoms with Crippen molar-refractivity contribution >= 4 is 11.3 Å². The first-order chi connectivity index (χ1) is 5.11. The van der Waals surface area contributed by atoms with Crippen LogP contribution in [0.1, 0.15) is 18.7 Å². The van der Waals surface area contributed by atoms with Gasteiger partial charge in [-0.05, 0) is 11.4 Å². The molecular weight excluding hydrogens is 173 g/mol. The van der Waals surface area contributed by atoms with Crippen molar-refractivity contribution in [3.8, 4) is 0 Å². The molecular formula is C7H9F3S. The van der Waals surface area contributed by atoms with Gasteiger partial charge in [0.15, 0.2) is 0 Å². The Morgan fingerprint density at radius 1 is 1.27 bits per heavy atom. The monoisotopic (exact) mass is 182 g/mol. The van der Waals surface area contributed by atoms with Crippen LogP contribution in [0.15, 0.2) is 17.5 Å². The molecule has 0 radical (unpaired) electrons. The van der Waals surface area contributed by atoms with E-state index in [1.165, 1.54) is 11.4 Å². The van der Waals surface area contributed by atoms with Crippen LogP contribution in [-0.4, -0.2) is 0 Å². The Morgan fingerprint density at radius 2 is 1.82 bits per heavy atom. The summed E-state index contributed by atoms with van der Waals surface area (Å²) in [5, 5.41) is 1.41. The van der Waals surface area contributed by atoms with Gasteiger partial charge in [-0.25, -0.2) is 0 Å². The summed E-state index contributed by atoms with van der Waals surface area (Å²) in [6, 6.07) is 2.44. The molecule has 0 aliphatic carbocycles. The maximum atomic E-state index is 11.6. The highest BCUT2D eigenvalue weighted by Gasteiger charge is 2.31. The standard InChI is InChI=1S/C5H3F3S.C2H6/c6-5(7,8)4-2-1-3-9-4;1-2/h1-3H;1-2H3. The Morgan fingerprint density at radius 3 is 2.00 bits per heavy atom. The summed E-state index contributed by atoms with van der Waals surface area (Å²) in [6.45, 7) is 4.00. The minimum Gasteiger partial charge on any atom is -0.165 e. The van der Waals surface area contributed by atoms with E-state index in [1.54, 1.807) is 0 Å². The van der Waals surface area contributed by atoms with Gasteiger partial charge in [-0.3, -0.25) is 0 Å². The molecule has 1 heterocycles. The number of rotatable bonds is 0. The molecule has 1 rings (SSSR count). The fraction of sp³-hybridized carbons (Fsp3) is 0.429. The van der Waals surface area contributed by atoms with Gasteiger partial charge in [0.05, 0.1) is 0 Å². The Hall–Kier alpha value is -0.510. The molecule has 4 heteroatoms. The molecule has 0 fully saturated rings. The van der Waals surface area contributed by atoms with Crippen molar-refractivity contribution in [2.45, 2.75) is 20.0 Å². The Labute approximate surface area is 67.7 Å². The van der Waals surface area contributed by atoms with E-state index in [0.29, 0.717) is 11.3 Å². The lowest BCUT2D eigenvalue weighted by Gasteiger charge is -1.99. The summed E-state index contributed by atoms with van der Waals surface area (Å²) in [4.78, 5) is -0.539. The van der Waals surface area contributed by atoms with E-state index in [4.69, 9.17) is 0 Å². The molecule has 0 aliphatic rings. The molecule has 0 amide bonds. The first-order valence-corrected chi connectivity index (χ1v) is 4.09. The number of thiophene rings is 1. The zero-order valence-electron chi connectivity index (χ0n) is 6.27. The molecule has 0 bridgehead atoms. The van der Waals surface area contributed by atoms with Crippen LogP contribution in [0.5, 0.6) is 0 Å². The van der Waals surface area contributed by atoms with Crippen LogP contribution in [-0.2, 0) is 6.18 Å². The smallest absolute Gasteiger partial charge is 0.165 e. The second-order valence-corrected chi connectivity index (χ2v) is 2.42. The van der Waals surface area contributed by atoms with Crippen LogP contribution in [0, 0.1) is 0 Å². The average Bonchev–Trinajstić information content (AvgIpc) is 2.40. The van der Waals surface area contributed by atoms with Crippen molar-refractivity contribution in [2.75, 3.05) is 0 Å². The second kappa shape index (κ2) is 4.38. The molecule has 0 atom stereocenters. The van der Waals surface area contributed by atoms with Crippen molar-refractivity contribution < 1.29 is 13.2 Å². The Balaban J connectivity index is 0.000000461. The van der Waals surface area contributed by atoms with Crippen LogP contribution in [0.2, 0.25) is 0 Å². The zero-order valence-corrected chi connectivity index (χ0v) is 7.09. The van der Waals surface area contributed by atoms with Crippen LogP contribution in [0.25, 0.3) is 0 Å². The van der Waals surface area contributed by atoms with Crippen molar-refractivity contribution in [2.24, 2.45) is 0 Å². The SMILES string of the molecule is CC.FC(F)(F)c1cccs1. The quantitative estimate of drug-likeness (QED) is 0.572. The van der Waals surface area contributed by atoms with E-state index in [9.17, 15) is 13.2 Å².